The Hall–Kier alpha value is -4.30. The maximum Gasteiger partial charge on any atom is 0.414 e. The highest BCUT2D eigenvalue weighted by atomic mass is 19.1. The Morgan fingerprint density at radius 3 is 1.79 bits per heavy atom. The first kappa shape index (κ1) is 27.7. The molecule has 2 aromatic rings. The fraction of sp³-hybridized carbons (Fsp3) is 0.360. The lowest BCUT2D eigenvalue weighted by Crippen LogP contribution is -2.47. The largest absolute Gasteiger partial charge is 0.442 e. The quantitative estimate of drug-likeness (QED) is 0.358. The number of hydrogen-bond donors (Lipinski definition) is 4. The smallest absolute Gasteiger partial charge is 0.414 e. The Morgan fingerprint density at radius 1 is 0.923 bits per heavy atom. The molecule has 0 radical (unpaired) electrons. The minimum absolute atomic E-state index is 0.00540. The van der Waals surface area contributed by atoms with Gasteiger partial charge in [0.05, 0.1) is 43.6 Å². The first-order valence-corrected chi connectivity index (χ1v) is 12.1. The van der Waals surface area contributed by atoms with Crippen LogP contribution in [-0.4, -0.2) is 75.0 Å². The van der Waals surface area contributed by atoms with Gasteiger partial charge < -0.3 is 31.6 Å². The lowest BCUT2D eigenvalue weighted by atomic mass is 10.0. The molecule has 0 aromatic heterocycles. The van der Waals surface area contributed by atoms with Crippen molar-refractivity contribution in [1.82, 2.24) is 10.6 Å². The number of nitrogens with one attached hydrogen (secondary N) is 2. The molecular formula is C25H28F2N6O6. The average molecular weight is 547 g/mol. The maximum atomic E-state index is 15.1. The predicted molar refractivity (Wildman–Crippen MR) is 136 cm³/mol. The van der Waals surface area contributed by atoms with Gasteiger partial charge in [0.25, 0.3) is 0 Å². The third kappa shape index (κ3) is 6.23. The van der Waals surface area contributed by atoms with Crippen molar-refractivity contribution in [3.63, 3.8) is 0 Å². The van der Waals surface area contributed by atoms with E-state index in [9.17, 15) is 19.2 Å². The van der Waals surface area contributed by atoms with Gasteiger partial charge in [-0.2, -0.15) is 0 Å². The summed E-state index contributed by atoms with van der Waals surface area (Å²) >= 11 is 0. The molecule has 12 nitrogen and oxygen atoms in total. The van der Waals surface area contributed by atoms with E-state index in [0.29, 0.717) is 0 Å². The van der Waals surface area contributed by atoms with E-state index >= 15 is 8.78 Å². The highest BCUT2D eigenvalue weighted by Gasteiger charge is 2.34. The van der Waals surface area contributed by atoms with E-state index in [1.165, 1.54) is 41.0 Å². The molecule has 14 heteroatoms. The first-order chi connectivity index (χ1) is 18.6. The molecule has 0 spiro atoms. The number of rotatable bonds is 9. The fourth-order valence-corrected chi connectivity index (χ4v) is 4.17. The summed E-state index contributed by atoms with van der Waals surface area (Å²) in [4.78, 5) is 49.8. The van der Waals surface area contributed by atoms with E-state index in [1.807, 2.05) is 0 Å². The number of carbonyl (C=O) groups excluding carboxylic acids is 4. The van der Waals surface area contributed by atoms with Crippen molar-refractivity contribution in [3.05, 3.63) is 48.0 Å². The molecule has 2 aliphatic rings. The van der Waals surface area contributed by atoms with Crippen LogP contribution in [0.4, 0.5) is 29.7 Å². The highest BCUT2D eigenvalue weighted by Crippen LogP contribution is 2.33. The zero-order valence-corrected chi connectivity index (χ0v) is 21.0. The molecule has 4 rings (SSSR count). The first-order valence-electron chi connectivity index (χ1n) is 12.1. The highest BCUT2D eigenvalue weighted by molar-refractivity contribution is 5.91. The van der Waals surface area contributed by atoms with Crippen molar-refractivity contribution >= 4 is 35.4 Å². The molecule has 2 heterocycles. The van der Waals surface area contributed by atoms with Crippen LogP contribution in [0.2, 0.25) is 0 Å². The number of anilines is 2. The molecule has 4 amide bonds. The summed E-state index contributed by atoms with van der Waals surface area (Å²) in [7, 11) is 0. The molecule has 3 atom stereocenters. The monoisotopic (exact) mass is 546 g/mol. The van der Waals surface area contributed by atoms with Crippen LogP contribution in [-0.2, 0) is 19.1 Å². The Bertz CT molecular complexity index is 1290. The minimum Gasteiger partial charge on any atom is -0.442 e. The summed E-state index contributed by atoms with van der Waals surface area (Å²) in [5.74, 6) is -2.31. The number of cyclic esters (lactones) is 2. The van der Waals surface area contributed by atoms with Crippen LogP contribution in [0.1, 0.15) is 6.92 Å². The maximum absolute atomic E-state index is 15.1. The molecule has 6 N–H and O–H groups in total. The van der Waals surface area contributed by atoms with E-state index in [0.717, 1.165) is 12.1 Å². The number of benzene rings is 2. The van der Waals surface area contributed by atoms with Gasteiger partial charge in [-0.25, -0.2) is 18.4 Å². The van der Waals surface area contributed by atoms with Crippen molar-refractivity contribution in [2.24, 2.45) is 11.5 Å². The van der Waals surface area contributed by atoms with E-state index in [4.69, 9.17) is 20.9 Å². The number of nitrogens with two attached hydrogens (primary N) is 2. The van der Waals surface area contributed by atoms with Crippen molar-refractivity contribution < 1.29 is 37.4 Å². The van der Waals surface area contributed by atoms with E-state index in [2.05, 4.69) is 10.6 Å². The third-order valence-corrected chi connectivity index (χ3v) is 6.24. The summed E-state index contributed by atoms with van der Waals surface area (Å²) in [6.07, 6.45) is -2.69. The molecule has 2 aliphatic heterocycles. The van der Waals surface area contributed by atoms with Crippen molar-refractivity contribution in [1.29, 1.82) is 0 Å². The number of nitrogens with zero attached hydrogens (tertiary/aromatic N) is 2. The lowest BCUT2D eigenvalue weighted by Gasteiger charge is -2.16. The third-order valence-electron chi connectivity index (χ3n) is 6.24. The fourth-order valence-electron chi connectivity index (χ4n) is 4.17. The van der Waals surface area contributed by atoms with E-state index in [1.54, 1.807) is 0 Å². The number of amides is 4. The Labute approximate surface area is 222 Å². The number of halogens is 2. The Kier molecular flexibility index (Phi) is 8.26. The molecule has 1 unspecified atom stereocenters. The second-order valence-electron chi connectivity index (χ2n) is 9.09. The van der Waals surface area contributed by atoms with Gasteiger partial charge in [-0.3, -0.25) is 19.4 Å². The lowest BCUT2D eigenvalue weighted by molar-refractivity contribution is -0.122. The predicted octanol–water partition coefficient (Wildman–Crippen LogP) is 0.821. The standard InChI is InChI=1S/C25H28F2N6O6/c1-13(34)30-9-16-11-32(24(36)38-16)14-2-4-18(20(26)6-14)19-5-3-15(7-21(19)27)33-12-17(39-25(33)37)10-31-23(35)22(29)8-28/h2-7,16-17,22H,8-12,28-29H2,1H3,(H,30,34)(H,31,35)/t16-,17+,22?/m1/s1. The molecule has 208 valence electrons. The van der Waals surface area contributed by atoms with Gasteiger partial charge in [0.1, 0.15) is 23.8 Å². The second-order valence-corrected chi connectivity index (χ2v) is 9.09. The van der Waals surface area contributed by atoms with Crippen molar-refractivity contribution in [2.75, 3.05) is 42.5 Å². The summed E-state index contributed by atoms with van der Waals surface area (Å²) in [5, 5.41) is 5.10. The van der Waals surface area contributed by atoms with Gasteiger partial charge in [0.2, 0.25) is 11.8 Å². The van der Waals surface area contributed by atoms with Crippen LogP contribution in [0.25, 0.3) is 11.1 Å². The summed E-state index contributed by atoms with van der Waals surface area (Å²) in [5.41, 5.74) is 11.2. The molecule has 2 fully saturated rings. The molecule has 0 saturated carbocycles. The van der Waals surface area contributed by atoms with Gasteiger partial charge in [0, 0.05) is 24.6 Å². The van der Waals surface area contributed by atoms with Gasteiger partial charge >= 0.3 is 12.2 Å². The topological polar surface area (TPSA) is 169 Å². The minimum atomic E-state index is -0.884. The van der Waals surface area contributed by atoms with Crippen molar-refractivity contribution in [3.8, 4) is 11.1 Å². The summed E-state index contributed by atoms with van der Waals surface area (Å²) in [6.45, 7) is 1.59. The van der Waals surface area contributed by atoms with Crippen LogP contribution in [0.15, 0.2) is 36.4 Å². The van der Waals surface area contributed by atoms with Crippen LogP contribution >= 0.6 is 0 Å². The van der Waals surface area contributed by atoms with Gasteiger partial charge in [-0.05, 0) is 36.4 Å². The zero-order valence-electron chi connectivity index (χ0n) is 21.0. The van der Waals surface area contributed by atoms with Crippen LogP contribution in [0.3, 0.4) is 0 Å². The van der Waals surface area contributed by atoms with Crippen LogP contribution in [0, 0.1) is 11.6 Å². The normalized spacial score (nSPS) is 19.5. The molecule has 0 bridgehead atoms. The number of ether oxygens (including phenoxy) is 2. The van der Waals surface area contributed by atoms with Gasteiger partial charge in [-0.15, -0.1) is 0 Å². The summed E-state index contributed by atoms with van der Waals surface area (Å²) in [6, 6.07) is 6.87. The second kappa shape index (κ2) is 11.6. The van der Waals surface area contributed by atoms with E-state index in [-0.39, 0.29) is 61.1 Å². The molecule has 2 saturated heterocycles. The van der Waals surface area contributed by atoms with E-state index < -0.39 is 48.0 Å². The van der Waals surface area contributed by atoms with Crippen LogP contribution in [0.5, 0.6) is 0 Å². The molecule has 0 aliphatic carbocycles. The molecular weight excluding hydrogens is 518 g/mol. The molecule has 2 aromatic carbocycles. The van der Waals surface area contributed by atoms with Gasteiger partial charge in [0.15, 0.2) is 0 Å². The molecule has 39 heavy (non-hydrogen) atoms. The van der Waals surface area contributed by atoms with Gasteiger partial charge in [-0.1, -0.05) is 0 Å². The SMILES string of the molecule is CC(=O)NC[C@@H]1CN(c2ccc(-c3ccc(N4C[C@H](CNC(=O)C(N)CN)OC4=O)cc3F)c(F)c2)C(=O)O1. The zero-order chi connectivity index (χ0) is 28.3. The van der Waals surface area contributed by atoms with Crippen molar-refractivity contribution in [2.45, 2.75) is 25.2 Å². The Balaban J connectivity index is 1.43. The summed E-state index contributed by atoms with van der Waals surface area (Å²) < 4.78 is 40.6. The van der Waals surface area contributed by atoms with Crippen LogP contribution < -0.4 is 31.9 Å². The number of carbonyl (C=O) groups is 4. The average Bonchev–Trinajstić information content (AvgIpc) is 3.47. The Morgan fingerprint density at radius 2 is 1.38 bits per heavy atom. The number of hydrogen-bond acceptors (Lipinski definition) is 8.